The molecule has 6 nitrogen and oxygen atoms in total. The second-order valence-corrected chi connectivity index (χ2v) is 21.7. The molecular formula is C67H57N5OPt. The number of fused-ring (bicyclic) bond motifs is 4. The molecule has 0 radical (unpaired) electrons. The second kappa shape index (κ2) is 18.7. The summed E-state index contributed by atoms with van der Waals surface area (Å²) in [5.74, 6) is 3.12. The van der Waals surface area contributed by atoms with Crippen LogP contribution in [0, 0.1) is 10.7 Å². The van der Waals surface area contributed by atoms with Gasteiger partial charge in [0.25, 0.3) is 0 Å². The fourth-order valence-corrected chi connectivity index (χ4v) is 14.1. The van der Waals surface area contributed by atoms with Gasteiger partial charge in [0, 0.05) is 11.8 Å². The van der Waals surface area contributed by atoms with Crippen molar-refractivity contribution in [1.82, 2.24) is 18.7 Å². The van der Waals surface area contributed by atoms with Gasteiger partial charge in [0.15, 0.2) is 0 Å². The molecule has 0 unspecified atom stereocenters. The van der Waals surface area contributed by atoms with Gasteiger partial charge in [0.2, 0.25) is 0 Å². The minimum absolute atomic E-state index is 0.691. The third-order valence-corrected chi connectivity index (χ3v) is 17.3. The zero-order valence-electron chi connectivity index (χ0n) is 41.7. The van der Waals surface area contributed by atoms with E-state index in [0.29, 0.717) is 5.92 Å². The second-order valence-electron chi connectivity index (χ2n) is 20.7. The zero-order chi connectivity index (χ0) is 49.3. The van der Waals surface area contributed by atoms with Gasteiger partial charge < -0.3 is 0 Å². The summed E-state index contributed by atoms with van der Waals surface area (Å²) in [5, 5.41) is 2.35. The van der Waals surface area contributed by atoms with Crippen LogP contribution in [0.4, 0.5) is 5.69 Å². The Hall–Kier alpha value is -7.53. The molecule has 5 heterocycles. The first-order valence-electron chi connectivity index (χ1n) is 26.7. The van der Waals surface area contributed by atoms with E-state index in [1.165, 1.54) is 104 Å². The number of benzene rings is 8. The van der Waals surface area contributed by atoms with E-state index < -0.39 is 0 Å². The van der Waals surface area contributed by atoms with Gasteiger partial charge in [0.1, 0.15) is 0 Å². The summed E-state index contributed by atoms with van der Waals surface area (Å²) in [4.78, 5) is 7.87. The Balaban J connectivity index is 0.871. The number of hydrogen-bond acceptors (Lipinski definition) is 3. The van der Waals surface area contributed by atoms with Crippen LogP contribution in [0.2, 0.25) is 0 Å². The average Bonchev–Trinajstić information content (AvgIpc) is 3.98. The predicted octanol–water partition coefficient (Wildman–Crippen LogP) is 16.8. The molecule has 366 valence electrons. The molecule has 0 spiro atoms. The molecule has 7 heteroatoms. The van der Waals surface area contributed by atoms with Gasteiger partial charge in [-0.3, -0.25) is 0 Å². The molecule has 74 heavy (non-hydrogen) atoms. The topological polar surface area (TPSA) is 40.1 Å². The first kappa shape index (κ1) is 45.1. The molecule has 0 N–H and O–H groups in total. The molecule has 8 aromatic carbocycles. The van der Waals surface area contributed by atoms with Crippen LogP contribution in [0.3, 0.4) is 0 Å². The fourth-order valence-electron chi connectivity index (χ4n) is 13.0. The summed E-state index contributed by atoms with van der Waals surface area (Å²) in [6.07, 6.45) is 13.2. The molecule has 3 aromatic heterocycles. The van der Waals surface area contributed by atoms with E-state index in [9.17, 15) is 0 Å². The number of aromatic nitrogens is 4. The van der Waals surface area contributed by atoms with Crippen molar-refractivity contribution in [1.29, 1.82) is 0 Å². The van der Waals surface area contributed by atoms with Crippen LogP contribution >= 0.6 is 0 Å². The maximum absolute atomic E-state index is 6.94. The number of para-hydroxylation sites is 3. The van der Waals surface area contributed by atoms with Crippen molar-refractivity contribution < 1.29 is 24.1 Å². The Kier molecular flexibility index (Phi) is 11.4. The van der Waals surface area contributed by atoms with Crippen molar-refractivity contribution in [2.24, 2.45) is 0 Å². The van der Waals surface area contributed by atoms with Gasteiger partial charge in [-0.05, 0) is 42.4 Å². The van der Waals surface area contributed by atoms with Crippen molar-refractivity contribution in [3.05, 3.63) is 214 Å². The van der Waals surface area contributed by atoms with E-state index in [2.05, 4.69) is 233 Å². The summed E-state index contributed by atoms with van der Waals surface area (Å²) in [7, 11) is 0. The molecule has 1 saturated carbocycles. The Labute approximate surface area is 443 Å². The summed E-state index contributed by atoms with van der Waals surface area (Å²) in [6.45, 7) is 4.44. The minimum Gasteiger partial charge on any atom is -0.0581 e. The van der Waals surface area contributed by atoms with Crippen molar-refractivity contribution in [3.63, 3.8) is 0 Å². The van der Waals surface area contributed by atoms with Crippen molar-refractivity contribution in [2.75, 3.05) is 18.0 Å². The minimum atomic E-state index is 0.691. The molecular weight excluding hydrogens is 1090 g/mol. The normalized spacial score (nSPS) is 14.8. The van der Waals surface area contributed by atoms with E-state index in [-0.39, 0.29) is 0 Å². The molecule has 14 rings (SSSR count). The Morgan fingerprint density at radius 3 is 1.81 bits per heavy atom. The number of pyridine rings is 1. The first-order valence-corrected chi connectivity index (χ1v) is 27.8. The smallest absolute Gasteiger partial charge is 0.0581 e. The van der Waals surface area contributed by atoms with Crippen LogP contribution in [0.1, 0.15) is 73.1 Å². The summed E-state index contributed by atoms with van der Waals surface area (Å²) >= 11 is 2.59. The number of imidazole rings is 1. The van der Waals surface area contributed by atoms with Gasteiger partial charge in [0.05, 0.1) is 0 Å². The van der Waals surface area contributed by atoms with Crippen LogP contribution < -0.4 is 9.64 Å². The van der Waals surface area contributed by atoms with Crippen LogP contribution in [0.5, 0.6) is 11.5 Å². The predicted molar refractivity (Wildman–Crippen MR) is 300 cm³/mol. The average molecular weight is 1140 g/mol. The van der Waals surface area contributed by atoms with Crippen LogP contribution in [0.25, 0.3) is 83.4 Å². The molecule has 2 aliphatic heterocycles. The third-order valence-electron chi connectivity index (χ3n) is 16.3. The van der Waals surface area contributed by atoms with E-state index >= 15 is 0 Å². The van der Waals surface area contributed by atoms with Gasteiger partial charge in [-0.25, -0.2) is 0 Å². The molecule has 1 fully saturated rings. The monoisotopic (exact) mass is 1140 g/mol. The third kappa shape index (κ3) is 7.63. The molecule has 1 aliphatic carbocycles. The van der Waals surface area contributed by atoms with Crippen LogP contribution in [-0.4, -0.2) is 31.8 Å². The molecule has 0 bridgehead atoms. The SMILES string of the molecule is Cc1cc(-n2c3ccccc3c3ccc(Oc4cccc(-n5[c](=[Pt])n(-c6c(-c7ccccc7)c7c8c(c6-c6ccccc6)CCCN8CCC7)c6ccccc65)c4)cc32)ncc1-c1ccc(C2CCCCC2)cc1. The van der Waals surface area contributed by atoms with Gasteiger partial charge in [-0.2, -0.15) is 0 Å². The standard InChI is InChI=1S/C67H57N5O.Pt/c1-45-40-63(68-43-58(45)48-34-32-47(33-35-48)46-18-5-2-6-19-46)72-59-29-12-11-26-54(59)55-37-36-53(42-62(55)72)73-52-25-15-24-51(41-52)70-44-71(61-31-14-13-30-60(61)70)67-64(49-20-7-3-8-21-49)56-27-16-38-69-39-17-28-57(66(56)69)65(67)50-22-9-4-10-23-50;/h3-4,7-15,20-26,29-37,40-43,46H,2,5-6,16-19,27-28,38-39H2,1H3;. The Morgan fingerprint density at radius 2 is 1.12 bits per heavy atom. The van der Waals surface area contributed by atoms with E-state index in [0.717, 1.165) is 93.0 Å². The molecule has 3 aliphatic rings. The summed E-state index contributed by atoms with van der Waals surface area (Å²) < 4.78 is 15.3. The number of nitrogens with zero attached hydrogens (tertiary/aromatic N) is 5. The summed E-state index contributed by atoms with van der Waals surface area (Å²) in [5.41, 5.74) is 21.5. The van der Waals surface area contributed by atoms with Gasteiger partial charge in [-0.15, -0.1) is 0 Å². The maximum atomic E-state index is 6.94. The van der Waals surface area contributed by atoms with Gasteiger partial charge >= 0.3 is 336 Å². The Morgan fingerprint density at radius 1 is 0.500 bits per heavy atom. The van der Waals surface area contributed by atoms with Crippen LogP contribution in [-0.2, 0) is 32.2 Å². The quantitative estimate of drug-likeness (QED) is 0.145. The van der Waals surface area contributed by atoms with E-state index in [4.69, 9.17) is 9.72 Å². The molecule has 11 aromatic rings. The van der Waals surface area contributed by atoms with E-state index in [1.54, 1.807) is 0 Å². The van der Waals surface area contributed by atoms with Crippen molar-refractivity contribution in [2.45, 2.75) is 70.6 Å². The molecule has 0 atom stereocenters. The summed E-state index contributed by atoms with van der Waals surface area (Å²) in [6, 6.07) is 66.5. The molecule has 0 amide bonds. The van der Waals surface area contributed by atoms with Gasteiger partial charge in [-0.1, -0.05) is 55.7 Å². The Bertz CT molecular complexity index is 3940. The number of hydrogen-bond donors (Lipinski definition) is 0. The number of rotatable bonds is 9. The molecule has 0 saturated heterocycles. The van der Waals surface area contributed by atoms with E-state index in [1.807, 2.05) is 0 Å². The zero-order valence-corrected chi connectivity index (χ0v) is 44.0. The van der Waals surface area contributed by atoms with Crippen LogP contribution in [0.15, 0.2) is 188 Å². The number of anilines is 1. The van der Waals surface area contributed by atoms with Crippen molar-refractivity contribution in [3.8, 4) is 62.1 Å². The number of ether oxygens (including phenoxy) is 1. The van der Waals surface area contributed by atoms with Crippen molar-refractivity contribution >= 4 is 38.5 Å². The fraction of sp³-hybridized carbons (Fsp3) is 0.194. The first-order chi connectivity index (χ1) is 36.6. The number of aryl methyl sites for hydroxylation is 1.